The molecular formula is C10H10N4S2. The molecule has 0 saturated carbocycles. The number of anilines is 1. The highest BCUT2D eigenvalue weighted by Gasteiger charge is 2.10. The zero-order chi connectivity index (χ0) is 11.5. The fourth-order valence-electron chi connectivity index (χ4n) is 1.28. The van der Waals surface area contributed by atoms with Crippen molar-refractivity contribution in [1.82, 2.24) is 9.36 Å². The fourth-order valence-corrected chi connectivity index (χ4v) is 2.74. The molecule has 0 radical (unpaired) electrons. The molecule has 0 aromatic carbocycles. The molecule has 2 heterocycles. The predicted molar refractivity (Wildman–Crippen MR) is 65.7 cm³/mol. The van der Waals surface area contributed by atoms with Gasteiger partial charge in [0, 0.05) is 4.88 Å². The van der Waals surface area contributed by atoms with Crippen LogP contribution in [0.4, 0.5) is 5.00 Å². The van der Waals surface area contributed by atoms with Gasteiger partial charge in [0.25, 0.3) is 0 Å². The summed E-state index contributed by atoms with van der Waals surface area (Å²) in [6.07, 6.45) is 0. The molecule has 0 aliphatic rings. The molecule has 0 amide bonds. The summed E-state index contributed by atoms with van der Waals surface area (Å²) in [6.45, 7) is 4.53. The van der Waals surface area contributed by atoms with Crippen molar-refractivity contribution in [3.8, 4) is 6.07 Å². The van der Waals surface area contributed by atoms with Crippen molar-refractivity contribution in [1.29, 1.82) is 5.26 Å². The molecule has 0 unspecified atom stereocenters. The minimum absolute atomic E-state index is 0.646. The van der Waals surface area contributed by atoms with Crippen LogP contribution in [0.2, 0.25) is 0 Å². The van der Waals surface area contributed by atoms with Gasteiger partial charge in [0.15, 0.2) is 0 Å². The Morgan fingerprint density at radius 3 is 2.88 bits per heavy atom. The number of thiazole rings is 1. The number of nitriles is 1. The Labute approximate surface area is 102 Å². The van der Waals surface area contributed by atoms with E-state index in [1.807, 2.05) is 19.4 Å². The van der Waals surface area contributed by atoms with Gasteiger partial charge in [0.05, 0.1) is 23.4 Å². The molecular weight excluding hydrogens is 240 g/mol. The molecule has 0 spiro atoms. The minimum Gasteiger partial charge on any atom is -0.370 e. The first kappa shape index (κ1) is 11.0. The first-order chi connectivity index (χ1) is 7.72. The van der Waals surface area contributed by atoms with E-state index in [0.717, 1.165) is 16.4 Å². The highest BCUT2D eigenvalue weighted by Crippen LogP contribution is 2.24. The molecule has 2 rings (SSSR count). The summed E-state index contributed by atoms with van der Waals surface area (Å²) >= 11 is 2.95. The SMILES string of the molecule is Cc1ncsc1CNc1snc(C)c1C#N. The number of nitrogens with one attached hydrogen (secondary N) is 1. The average molecular weight is 250 g/mol. The second kappa shape index (κ2) is 4.60. The number of aryl methyl sites for hydroxylation is 2. The average Bonchev–Trinajstić information content (AvgIpc) is 2.82. The Bertz CT molecular complexity index is 535. The third-order valence-electron chi connectivity index (χ3n) is 2.23. The van der Waals surface area contributed by atoms with E-state index in [1.54, 1.807) is 11.3 Å². The van der Waals surface area contributed by atoms with Crippen molar-refractivity contribution < 1.29 is 0 Å². The van der Waals surface area contributed by atoms with Crippen LogP contribution in [0, 0.1) is 25.2 Å². The van der Waals surface area contributed by atoms with Gasteiger partial charge in [-0.05, 0) is 25.4 Å². The summed E-state index contributed by atoms with van der Waals surface area (Å²) in [7, 11) is 0. The van der Waals surface area contributed by atoms with Crippen molar-refractivity contribution in [2.75, 3.05) is 5.32 Å². The van der Waals surface area contributed by atoms with Crippen LogP contribution >= 0.6 is 22.9 Å². The highest BCUT2D eigenvalue weighted by molar-refractivity contribution is 7.10. The van der Waals surface area contributed by atoms with Gasteiger partial charge >= 0.3 is 0 Å². The lowest BCUT2D eigenvalue weighted by atomic mass is 10.3. The van der Waals surface area contributed by atoms with Gasteiger partial charge < -0.3 is 5.32 Å². The number of hydrogen-bond acceptors (Lipinski definition) is 6. The maximum absolute atomic E-state index is 8.97. The predicted octanol–water partition coefficient (Wildman–Crippen LogP) is 2.70. The van der Waals surface area contributed by atoms with Crippen molar-refractivity contribution in [3.05, 3.63) is 27.3 Å². The molecule has 1 N–H and O–H groups in total. The van der Waals surface area contributed by atoms with Gasteiger partial charge in [0.2, 0.25) is 0 Å². The van der Waals surface area contributed by atoms with Crippen LogP contribution in [0.25, 0.3) is 0 Å². The lowest BCUT2D eigenvalue weighted by Gasteiger charge is -2.01. The van der Waals surface area contributed by atoms with Crippen LogP contribution in [0.3, 0.4) is 0 Å². The van der Waals surface area contributed by atoms with Crippen LogP contribution in [-0.2, 0) is 6.54 Å². The maximum atomic E-state index is 8.97. The van der Waals surface area contributed by atoms with E-state index in [1.165, 1.54) is 16.4 Å². The van der Waals surface area contributed by atoms with E-state index >= 15 is 0 Å². The molecule has 2 aromatic heterocycles. The van der Waals surface area contributed by atoms with Gasteiger partial charge in [-0.3, -0.25) is 0 Å². The molecule has 0 aliphatic heterocycles. The maximum Gasteiger partial charge on any atom is 0.128 e. The van der Waals surface area contributed by atoms with Crippen molar-refractivity contribution in [2.45, 2.75) is 20.4 Å². The first-order valence-electron chi connectivity index (χ1n) is 4.71. The number of hydrogen-bond donors (Lipinski definition) is 1. The Balaban J connectivity index is 2.11. The number of rotatable bonds is 3. The number of aromatic nitrogens is 2. The summed E-state index contributed by atoms with van der Waals surface area (Å²) in [5.74, 6) is 0. The summed E-state index contributed by atoms with van der Waals surface area (Å²) in [6, 6.07) is 2.16. The van der Waals surface area contributed by atoms with E-state index in [9.17, 15) is 0 Å². The summed E-state index contributed by atoms with van der Waals surface area (Å²) in [4.78, 5) is 5.37. The fraction of sp³-hybridized carbons (Fsp3) is 0.300. The van der Waals surface area contributed by atoms with Crippen LogP contribution in [0.15, 0.2) is 5.51 Å². The Hall–Kier alpha value is -1.45. The topological polar surface area (TPSA) is 61.6 Å². The zero-order valence-electron chi connectivity index (χ0n) is 8.94. The molecule has 0 bridgehead atoms. The highest BCUT2D eigenvalue weighted by atomic mass is 32.1. The van der Waals surface area contributed by atoms with E-state index in [4.69, 9.17) is 5.26 Å². The van der Waals surface area contributed by atoms with E-state index < -0.39 is 0 Å². The molecule has 6 heteroatoms. The minimum atomic E-state index is 0.646. The molecule has 0 fully saturated rings. The van der Waals surface area contributed by atoms with Gasteiger partial charge in [-0.1, -0.05) is 0 Å². The van der Waals surface area contributed by atoms with E-state index in [-0.39, 0.29) is 0 Å². The quantitative estimate of drug-likeness (QED) is 0.909. The van der Waals surface area contributed by atoms with Crippen LogP contribution in [-0.4, -0.2) is 9.36 Å². The standard InChI is InChI=1S/C10H10N4S2/c1-6-8(3-11)10(16-14-6)12-4-9-7(2)13-5-15-9/h5,12H,4H2,1-2H3. The number of nitrogens with zero attached hydrogens (tertiary/aromatic N) is 3. The molecule has 2 aromatic rings. The van der Waals surface area contributed by atoms with Gasteiger partial charge in [0.1, 0.15) is 16.6 Å². The second-order valence-electron chi connectivity index (χ2n) is 3.30. The van der Waals surface area contributed by atoms with Gasteiger partial charge in [-0.15, -0.1) is 11.3 Å². The molecule has 4 nitrogen and oxygen atoms in total. The normalized spacial score (nSPS) is 10.1. The Morgan fingerprint density at radius 2 is 2.25 bits per heavy atom. The van der Waals surface area contributed by atoms with Crippen LogP contribution in [0.5, 0.6) is 0 Å². The summed E-state index contributed by atoms with van der Waals surface area (Å²) in [5.41, 5.74) is 4.30. The zero-order valence-corrected chi connectivity index (χ0v) is 10.6. The van der Waals surface area contributed by atoms with Gasteiger partial charge in [-0.25, -0.2) is 4.98 Å². The van der Waals surface area contributed by atoms with Crippen LogP contribution in [0.1, 0.15) is 21.8 Å². The third-order valence-corrected chi connectivity index (χ3v) is 4.06. The van der Waals surface area contributed by atoms with Crippen molar-refractivity contribution >= 4 is 27.9 Å². The van der Waals surface area contributed by atoms with E-state index in [2.05, 4.69) is 20.7 Å². The summed E-state index contributed by atoms with van der Waals surface area (Å²) < 4.78 is 4.15. The second-order valence-corrected chi connectivity index (χ2v) is 5.01. The largest absolute Gasteiger partial charge is 0.370 e. The summed E-state index contributed by atoms with van der Waals surface area (Å²) in [5, 5.41) is 13.0. The Morgan fingerprint density at radius 1 is 1.44 bits per heavy atom. The molecule has 16 heavy (non-hydrogen) atoms. The molecule has 0 aliphatic carbocycles. The smallest absolute Gasteiger partial charge is 0.128 e. The molecule has 82 valence electrons. The van der Waals surface area contributed by atoms with E-state index in [0.29, 0.717) is 12.1 Å². The van der Waals surface area contributed by atoms with Crippen molar-refractivity contribution in [3.63, 3.8) is 0 Å². The molecule has 0 saturated heterocycles. The van der Waals surface area contributed by atoms with Gasteiger partial charge in [-0.2, -0.15) is 9.64 Å². The Kier molecular flexibility index (Phi) is 3.17. The molecule has 0 atom stereocenters. The lowest BCUT2D eigenvalue weighted by Crippen LogP contribution is -1.98. The first-order valence-corrected chi connectivity index (χ1v) is 6.37. The van der Waals surface area contributed by atoms with Crippen LogP contribution < -0.4 is 5.32 Å². The van der Waals surface area contributed by atoms with Crippen molar-refractivity contribution in [2.24, 2.45) is 0 Å². The monoisotopic (exact) mass is 250 g/mol. The lowest BCUT2D eigenvalue weighted by molar-refractivity contribution is 1.13. The third kappa shape index (κ3) is 2.05.